The highest BCUT2D eigenvalue weighted by atomic mass is 32.1. The van der Waals surface area contributed by atoms with Gasteiger partial charge in [0.2, 0.25) is 0 Å². The third-order valence-electron chi connectivity index (χ3n) is 3.93. The Morgan fingerprint density at radius 3 is 2.81 bits per heavy atom. The van der Waals surface area contributed by atoms with E-state index in [9.17, 15) is 9.59 Å². The van der Waals surface area contributed by atoms with Gasteiger partial charge in [-0.3, -0.25) is 5.32 Å². The molecule has 0 aliphatic carbocycles. The highest BCUT2D eigenvalue weighted by Gasteiger charge is 2.24. The van der Waals surface area contributed by atoms with E-state index >= 15 is 0 Å². The van der Waals surface area contributed by atoms with Crippen molar-refractivity contribution in [1.29, 1.82) is 0 Å². The summed E-state index contributed by atoms with van der Waals surface area (Å²) in [5.41, 5.74) is 2.84. The second-order valence-electron chi connectivity index (χ2n) is 6.61. The van der Waals surface area contributed by atoms with Crippen molar-refractivity contribution in [3.8, 4) is 0 Å². The Labute approximate surface area is 156 Å². The zero-order valence-corrected chi connectivity index (χ0v) is 15.9. The summed E-state index contributed by atoms with van der Waals surface area (Å²) >= 11 is 1.42. The molecule has 7 nitrogen and oxygen atoms in total. The van der Waals surface area contributed by atoms with E-state index in [0.717, 1.165) is 21.8 Å². The molecule has 2 aromatic rings. The van der Waals surface area contributed by atoms with Gasteiger partial charge in [-0.1, -0.05) is 23.5 Å². The van der Waals surface area contributed by atoms with E-state index in [0.29, 0.717) is 24.6 Å². The number of aromatic nitrogens is 1. The van der Waals surface area contributed by atoms with E-state index < -0.39 is 0 Å². The molecule has 3 rings (SSSR count). The van der Waals surface area contributed by atoms with Crippen molar-refractivity contribution < 1.29 is 9.59 Å². The molecule has 26 heavy (non-hydrogen) atoms. The number of amides is 4. The zero-order valence-electron chi connectivity index (χ0n) is 15.1. The monoisotopic (exact) mass is 373 g/mol. The Hall–Kier alpha value is -2.61. The van der Waals surface area contributed by atoms with Gasteiger partial charge in [0.05, 0.1) is 12.2 Å². The molecule has 3 N–H and O–H groups in total. The van der Waals surface area contributed by atoms with Crippen molar-refractivity contribution >= 4 is 34.2 Å². The molecule has 0 bridgehead atoms. The maximum absolute atomic E-state index is 12.5. The summed E-state index contributed by atoms with van der Waals surface area (Å²) in [5.74, 6) is 0. The summed E-state index contributed by atoms with van der Waals surface area (Å²) in [4.78, 5) is 31.6. The minimum absolute atomic E-state index is 0.0606. The molecule has 0 saturated heterocycles. The van der Waals surface area contributed by atoms with Gasteiger partial charge in [-0.15, -0.1) is 0 Å². The van der Waals surface area contributed by atoms with Crippen molar-refractivity contribution in [2.45, 2.75) is 39.8 Å². The van der Waals surface area contributed by atoms with E-state index in [1.165, 1.54) is 11.3 Å². The predicted molar refractivity (Wildman–Crippen MR) is 104 cm³/mol. The molecule has 0 atom stereocenters. The molecular weight excluding hydrogens is 350 g/mol. The first-order valence-corrected chi connectivity index (χ1v) is 9.41. The fourth-order valence-corrected chi connectivity index (χ4v) is 3.76. The molecule has 0 fully saturated rings. The number of fused-ring (bicyclic) bond motifs is 1. The van der Waals surface area contributed by atoms with Crippen LogP contribution in [0.15, 0.2) is 24.3 Å². The van der Waals surface area contributed by atoms with Gasteiger partial charge in [-0.25, -0.2) is 14.6 Å². The Balaban J connectivity index is 1.62. The molecule has 8 heteroatoms. The van der Waals surface area contributed by atoms with Crippen LogP contribution in [0.25, 0.3) is 0 Å². The minimum atomic E-state index is -0.264. The van der Waals surface area contributed by atoms with Crippen LogP contribution in [-0.2, 0) is 13.0 Å². The molecular formula is C18H23N5O2S. The van der Waals surface area contributed by atoms with Crippen LogP contribution in [-0.4, -0.2) is 34.5 Å². The minimum Gasteiger partial charge on any atom is -0.336 e. The normalized spacial score (nSPS) is 13.3. The van der Waals surface area contributed by atoms with Crippen molar-refractivity contribution in [2.75, 3.05) is 17.2 Å². The van der Waals surface area contributed by atoms with Crippen molar-refractivity contribution in [1.82, 2.24) is 15.2 Å². The molecule has 1 aromatic carbocycles. The Bertz CT molecular complexity index is 818. The fourth-order valence-electron chi connectivity index (χ4n) is 2.74. The summed E-state index contributed by atoms with van der Waals surface area (Å²) < 4.78 is 0. The summed E-state index contributed by atoms with van der Waals surface area (Å²) in [5, 5.41) is 9.03. The van der Waals surface area contributed by atoms with Crippen molar-refractivity contribution in [3.05, 3.63) is 40.4 Å². The van der Waals surface area contributed by atoms with Crippen LogP contribution in [0.3, 0.4) is 0 Å². The molecule has 1 aliphatic rings. The number of thiazole rings is 1. The molecule has 138 valence electrons. The van der Waals surface area contributed by atoms with E-state index in [1.54, 1.807) is 4.90 Å². The molecule has 2 heterocycles. The maximum Gasteiger partial charge on any atom is 0.322 e. The van der Waals surface area contributed by atoms with Crippen LogP contribution in [0.1, 0.15) is 30.0 Å². The molecule has 1 aromatic heterocycles. The van der Waals surface area contributed by atoms with Gasteiger partial charge < -0.3 is 15.5 Å². The number of hydrogen-bond donors (Lipinski definition) is 3. The van der Waals surface area contributed by atoms with Crippen LogP contribution < -0.4 is 16.0 Å². The first-order chi connectivity index (χ1) is 12.4. The Morgan fingerprint density at radius 2 is 2.08 bits per heavy atom. The topological polar surface area (TPSA) is 86.4 Å². The largest absolute Gasteiger partial charge is 0.336 e. The highest BCUT2D eigenvalue weighted by Crippen LogP contribution is 2.28. The van der Waals surface area contributed by atoms with Crippen LogP contribution in [0.2, 0.25) is 0 Å². The summed E-state index contributed by atoms with van der Waals surface area (Å²) in [6.45, 7) is 6.89. The summed E-state index contributed by atoms with van der Waals surface area (Å²) in [6.07, 6.45) is 0.681. The van der Waals surface area contributed by atoms with Crippen molar-refractivity contribution in [3.63, 3.8) is 0 Å². The van der Waals surface area contributed by atoms with E-state index in [-0.39, 0.29) is 18.1 Å². The van der Waals surface area contributed by atoms with Gasteiger partial charge in [0, 0.05) is 29.6 Å². The zero-order chi connectivity index (χ0) is 18.7. The van der Waals surface area contributed by atoms with Crippen LogP contribution in [0, 0.1) is 6.92 Å². The van der Waals surface area contributed by atoms with Gasteiger partial charge in [-0.2, -0.15) is 0 Å². The quantitative estimate of drug-likeness (QED) is 0.769. The average molecular weight is 373 g/mol. The second-order valence-corrected chi connectivity index (χ2v) is 7.70. The van der Waals surface area contributed by atoms with Gasteiger partial charge >= 0.3 is 12.1 Å². The average Bonchev–Trinajstić information content (AvgIpc) is 2.94. The highest BCUT2D eigenvalue weighted by molar-refractivity contribution is 7.15. The number of nitrogens with one attached hydrogen (secondary N) is 3. The third kappa shape index (κ3) is 4.51. The molecule has 0 spiro atoms. The van der Waals surface area contributed by atoms with Gasteiger partial charge in [0.1, 0.15) is 0 Å². The first-order valence-electron chi connectivity index (χ1n) is 8.59. The lowest BCUT2D eigenvalue weighted by molar-refractivity contribution is 0.207. The van der Waals surface area contributed by atoms with E-state index in [2.05, 4.69) is 20.9 Å². The number of nitrogens with zero attached hydrogens (tertiary/aromatic N) is 2. The fraction of sp³-hybridized carbons (Fsp3) is 0.389. The number of rotatable bonds is 3. The molecule has 0 saturated carbocycles. The third-order valence-corrected chi connectivity index (χ3v) is 4.93. The van der Waals surface area contributed by atoms with Crippen LogP contribution in [0.4, 0.5) is 20.4 Å². The van der Waals surface area contributed by atoms with E-state index in [1.807, 2.05) is 45.0 Å². The van der Waals surface area contributed by atoms with Crippen LogP contribution >= 0.6 is 11.3 Å². The number of anilines is 2. The number of benzene rings is 1. The predicted octanol–water partition coefficient (Wildman–Crippen LogP) is 3.57. The van der Waals surface area contributed by atoms with Crippen molar-refractivity contribution in [2.24, 2.45) is 0 Å². The lowest BCUT2D eigenvalue weighted by Crippen LogP contribution is -2.38. The maximum atomic E-state index is 12.5. The second kappa shape index (κ2) is 7.74. The number of urea groups is 2. The SMILES string of the molecule is Cc1cccc(NC(=O)N2CCc3nc(NC(=O)NC(C)C)sc3C2)c1. The van der Waals surface area contributed by atoms with Gasteiger partial charge in [-0.05, 0) is 38.5 Å². The molecule has 0 unspecified atom stereocenters. The standard InChI is InChI=1S/C18H23N5O2S/c1-11(2)19-16(24)22-17-21-14-7-8-23(10-15(14)26-17)18(25)20-13-6-4-5-12(3)9-13/h4-6,9,11H,7-8,10H2,1-3H3,(H,20,25)(H2,19,21,22,24). The number of carbonyl (C=O) groups excluding carboxylic acids is 2. The summed E-state index contributed by atoms with van der Waals surface area (Å²) in [7, 11) is 0. The van der Waals surface area contributed by atoms with Gasteiger partial charge in [0.15, 0.2) is 5.13 Å². The number of aryl methyl sites for hydroxylation is 1. The number of hydrogen-bond acceptors (Lipinski definition) is 4. The summed E-state index contributed by atoms with van der Waals surface area (Å²) in [6, 6.07) is 7.40. The molecule has 0 radical (unpaired) electrons. The van der Waals surface area contributed by atoms with Gasteiger partial charge in [0.25, 0.3) is 0 Å². The first kappa shape index (κ1) is 18.2. The Morgan fingerprint density at radius 1 is 1.27 bits per heavy atom. The molecule has 1 aliphatic heterocycles. The lowest BCUT2D eigenvalue weighted by atomic mass is 10.2. The Kier molecular flexibility index (Phi) is 5.41. The lowest BCUT2D eigenvalue weighted by Gasteiger charge is -2.26. The number of carbonyl (C=O) groups is 2. The van der Waals surface area contributed by atoms with Crippen LogP contribution in [0.5, 0.6) is 0 Å². The van der Waals surface area contributed by atoms with E-state index in [4.69, 9.17) is 0 Å². The molecule has 4 amide bonds. The smallest absolute Gasteiger partial charge is 0.322 e.